The number of aryl methyl sites for hydroxylation is 2. The Balaban J connectivity index is 2.57. The maximum atomic E-state index is 14.1. The molecule has 0 fully saturated rings. The lowest BCUT2D eigenvalue weighted by Crippen LogP contribution is -2.38. The van der Waals surface area contributed by atoms with E-state index >= 15 is 0 Å². The molecule has 5 nitrogen and oxygen atoms in total. The summed E-state index contributed by atoms with van der Waals surface area (Å²) in [6, 6.07) is 3.63. The van der Waals surface area contributed by atoms with Gasteiger partial charge in [-0.3, -0.25) is 9.36 Å². The van der Waals surface area contributed by atoms with Gasteiger partial charge in [0.05, 0.1) is 6.20 Å². The molecule has 0 saturated carbocycles. The molecule has 0 aliphatic carbocycles. The second-order valence-electron chi connectivity index (χ2n) is 5.06. The molecule has 23 heavy (non-hydrogen) atoms. The summed E-state index contributed by atoms with van der Waals surface area (Å²) in [6.07, 6.45) is 1.03. The van der Waals surface area contributed by atoms with Gasteiger partial charge in [-0.05, 0) is 49.1 Å². The summed E-state index contributed by atoms with van der Waals surface area (Å²) in [4.78, 5) is 27.7. The third-order valence-electron chi connectivity index (χ3n) is 3.15. The Hall–Kier alpha value is -1.86. The van der Waals surface area contributed by atoms with Gasteiger partial charge in [0.15, 0.2) is 11.3 Å². The lowest BCUT2D eigenvalue weighted by Gasteiger charge is -2.11. The van der Waals surface area contributed by atoms with Crippen molar-refractivity contribution in [2.24, 2.45) is 12.0 Å². The molecule has 1 aromatic heterocycles. The molecule has 122 valence electrons. The third kappa shape index (κ3) is 3.73. The largest absolute Gasteiger partial charge is 0.340 e. The average Bonchev–Trinajstić information content (AvgIpc) is 2.46. The first-order valence-electron chi connectivity index (χ1n) is 6.69. The fourth-order valence-electron chi connectivity index (χ4n) is 1.92. The summed E-state index contributed by atoms with van der Waals surface area (Å²) in [5.41, 5.74) is 0.950. The van der Waals surface area contributed by atoms with E-state index in [4.69, 9.17) is 11.6 Å². The zero-order chi connectivity index (χ0) is 17.3. The Labute approximate surface area is 141 Å². The summed E-state index contributed by atoms with van der Waals surface area (Å²) in [5, 5.41) is 0.631. The Morgan fingerprint density at radius 2 is 1.96 bits per heavy atom. The Kier molecular flexibility index (Phi) is 5.11. The summed E-state index contributed by atoms with van der Waals surface area (Å²) < 4.78 is 16.3. The van der Waals surface area contributed by atoms with Crippen molar-refractivity contribution in [2.45, 2.75) is 25.7 Å². The summed E-state index contributed by atoms with van der Waals surface area (Å²) in [7, 11) is 1.37. The van der Waals surface area contributed by atoms with Crippen molar-refractivity contribution in [1.82, 2.24) is 8.54 Å². The van der Waals surface area contributed by atoms with Gasteiger partial charge >= 0.3 is 5.69 Å². The van der Waals surface area contributed by atoms with Crippen LogP contribution in [0.15, 0.2) is 33.0 Å². The Bertz CT molecular complexity index is 918. The second-order valence-corrected chi connectivity index (χ2v) is 6.48. The van der Waals surface area contributed by atoms with Gasteiger partial charge in [0.2, 0.25) is 5.91 Å². The molecule has 0 aliphatic heterocycles. The molecule has 0 aliphatic rings. The number of carbonyl (C=O) groups excluding carboxylic acids is 1. The van der Waals surface area contributed by atoms with Gasteiger partial charge in [-0.25, -0.2) is 13.2 Å². The maximum absolute atomic E-state index is 14.1. The minimum Gasteiger partial charge on any atom is -0.278 e. The first-order valence-corrected chi connectivity index (χ1v) is 7.84. The minimum atomic E-state index is -0.752. The van der Waals surface area contributed by atoms with E-state index in [1.165, 1.54) is 14.0 Å². The normalized spacial score (nSPS) is 11.8. The van der Waals surface area contributed by atoms with E-state index in [-0.39, 0.29) is 5.49 Å². The number of aromatic nitrogens is 2. The maximum Gasteiger partial charge on any atom is 0.340 e. The van der Waals surface area contributed by atoms with Gasteiger partial charge in [0.1, 0.15) is 0 Å². The van der Waals surface area contributed by atoms with Gasteiger partial charge < -0.3 is 0 Å². The van der Waals surface area contributed by atoms with E-state index in [9.17, 15) is 14.0 Å². The van der Waals surface area contributed by atoms with Crippen LogP contribution in [0.3, 0.4) is 0 Å². The van der Waals surface area contributed by atoms with E-state index in [2.05, 4.69) is 4.99 Å². The van der Waals surface area contributed by atoms with E-state index in [0.717, 1.165) is 42.7 Å². The molecule has 0 bridgehead atoms. The van der Waals surface area contributed by atoms with Crippen LogP contribution >= 0.6 is 23.5 Å². The van der Waals surface area contributed by atoms with Crippen molar-refractivity contribution in [3.63, 3.8) is 0 Å². The van der Waals surface area contributed by atoms with Crippen LogP contribution in [0.4, 0.5) is 4.39 Å². The number of rotatable bonds is 2. The molecule has 2 rings (SSSR count). The zero-order valence-electron chi connectivity index (χ0n) is 13.1. The number of nitrogens with zero attached hydrogens (tertiary/aromatic N) is 3. The fraction of sp³-hybridized carbons (Fsp3) is 0.267. The molecule has 0 unspecified atom stereocenters. The highest BCUT2D eigenvalue weighted by Gasteiger charge is 2.11. The number of carbonyl (C=O) groups is 1. The topological polar surface area (TPSA) is 56.4 Å². The SMILES string of the molecule is CC(=O)/N=c1\c(F)cn(Sc2cc(C)c(Cl)cc2C)c(=O)n1C. The van der Waals surface area contributed by atoms with Crippen molar-refractivity contribution in [2.75, 3.05) is 0 Å². The molecule has 0 radical (unpaired) electrons. The van der Waals surface area contributed by atoms with Crippen LogP contribution in [0.2, 0.25) is 5.02 Å². The van der Waals surface area contributed by atoms with E-state index in [1.54, 1.807) is 6.07 Å². The monoisotopic (exact) mass is 355 g/mol. The van der Waals surface area contributed by atoms with Gasteiger partial charge in [-0.15, -0.1) is 0 Å². The van der Waals surface area contributed by atoms with Crippen LogP contribution < -0.4 is 11.2 Å². The van der Waals surface area contributed by atoms with Crippen molar-refractivity contribution in [3.05, 3.63) is 56.3 Å². The minimum absolute atomic E-state index is 0.289. The van der Waals surface area contributed by atoms with Crippen LogP contribution in [-0.4, -0.2) is 14.4 Å². The Morgan fingerprint density at radius 1 is 1.30 bits per heavy atom. The van der Waals surface area contributed by atoms with Gasteiger partial charge in [0.25, 0.3) is 0 Å². The first kappa shape index (κ1) is 17.5. The first-order chi connectivity index (χ1) is 10.7. The fourth-order valence-corrected chi connectivity index (χ4v) is 3.12. The lowest BCUT2D eigenvalue weighted by molar-refractivity contribution is -0.116. The molecule has 0 atom stereocenters. The molecule has 1 aromatic carbocycles. The van der Waals surface area contributed by atoms with E-state index < -0.39 is 17.4 Å². The third-order valence-corrected chi connectivity index (χ3v) is 4.66. The average molecular weight is 356 g/mol. The molecule has 0 N–H and O–H groups in total. The van der Waals surface area contributed by atoms with Crippen LogP contribution in [-0.2, 0) is 11.8 Å². The summed E-state index contributed by atoms with van der Waals surface area (Å²) in [5.74, 6) is -1.33. The molecular weight excluding hydrogens is 341 g/mol. The predicted molar refractivity (Wildman–Crippen MR) is 88.1 cm³/mol. The lowest BCUT2D eigenvalue weighted by atomic mass is 10.2. The van der Waals surface area contributed by atoms with Gasteiger partial charge in [0, 0.05) is 23.9 Å². The van der Waals surface area contributed by atoms with Crippen molar-refractivity contribution in [1.29, 1.82) is 0 Å². The zero-order valence-corrected chi connectivity index (χ0v) is 14.6. The van der Waals surface area contributed by atoms with Crippen molar-refractivity contribution < 1.29 is 9.18 Å². The van der Waals surface area contributed by atoms with Gasteiger partial charge in [-0.2, -0.15) is 4.99 Å². The molecule has 0 spiro atoms. The molecule has 2 aromatic rings. The standard InChI is InChI=1S/C15H15ClFN3O2S/c1-8-6-13(9(2)5-11(8)16)23-20-7-12(17)14(18-10(3)21)19(4)15(20)22/h5-7H,1-4H3/b18-14+. The van der Waals surface area contributed by atoms with Crippen LogP contribution in [0.25, 0.3) is 0 Å². The van der Waals surface area contributed by atoms with Crippen LogP contribution in [0, 0.1) is 19.7 Å². The summed E-state index contributed by atoms with van der Waals surface area (Å²) in [6.45, 7) is 4.90. The number of hydrogen-bond acceptors (Lipinski definition) is 3. The van der Waals surface area contributed by atoms with E-state index in [1.807, 2.05) is 19.9 Å². The molecular formula is C15H15ClFN3O2S. The molecule has 1 heterocycles. The van der Waals surface area contributed by atoms with E-state index in [0.29, 0.717) is 5.02 Å². The number of halogens is 2. The Morgan fingerprint density at radius 3 is 2.57 bits per heavy atom. The molecule has 0 saturated heterocycles. The molecule has 1 amide bonds. The highest BCUT2D eigenvalue weighted by atomic mass is 35.5. The highest BCUT2D eigenvalue weighted by molar-refractivity contribution is 7.97. The number of amides is 1. The predicted octanol–water partition coefficient (Wildman–Crippen LogP) is 2.60. The highest BCUT2D eigenvalue weighted by Crippen LogP contribution is 2.28. The van der Waals surface area contributed by atoms with Crippen molar-refractivity contribution >= 4 is 29.5 Å². The van der Waals surface area contributed by atoms with Crippen molar-refractivity contribution in [3.8, 4) is 0 Å². The number of hydrogen-bond donors (Lipinski definition) is 0. The smallest absolute Gasteiger partial charge is 0.278 e. The van der Waals surface area contributed by atoms with Crippen LogP contribution in [0.1, 0.15) is 18.1 Å². The quantitative estimate of drug-likeness (QED) is 0.832. The second kappa shape index (κ2) is 6.72. The van der Waals surface area contributed by atoms with Gasteiger partial charge in [-0.1, -0.05) is 11.6 Å². The molecule has 8 heteroatoms. The van der Waals surface area contributed by atoms with Crippen LogP contribution in [0.5, 0.6) is 0 Å². The number of benzene rings is 1. The summed E-state index contributed by atoms with van der Waals surface area (Å²) >= 11 is 7.13.